The van der Waals surface area contributed by atoms with Crippen molar-refractivity contribution in [1.29, 1.82) is 0 Å². The van der Waals surface area contributed by atoms with Crippen LogP contribution in [0.2, 0.25) is 0 Å². The van der Waals surface area contributed by atoms with E-state index < -0.39 is 29.2 Å². The summed E-state index contributed by atoms with van der Waals surface area (Å²) in [5.41, 5.74) is 0.401. The van der Waals surface area contributed by atoms with E-state index >= 15 is 0 Å². The average molecular weight is 512 g/mol. The third-order valence-corrected chi connectivity index (χ3v) is 6.49. The molecule has 1 N–H and O–H groups in total. The number of benzene rings is 2. The molecule has 0 aromatic heterocycles. The Morgan fingerprint density at radius 3 is 2.32 bits per heavy atom. The summed E-state index contributed by atoms with van der Waals surface area (Å²) in [5, 5.41) is 2.93. The van der Waals surface area contributed by atoms with Gasteiger partial charge in [-0.2, -0.15) is 0 Å². The predicted molar refractivity (Wildman–Crippen MR) is 138 cm³/mol. The van der Waals surface area contributed by atoms with Gasteiger partial charge in [0.2, 0.25) is 0 Å². The van der Waals surface area contributed by atoms with Crippen molar-refractivity contribution < 1.29 is 33.3 Å². The van der Waals surface area contributed by atoms with Gasteiger partial charge in [0.1, 0.15) is 30.2 Å². The summed E-state index contributed by atoms with van der Waals surface area (Å²) in [4.78, 5) is 35.2. The van der Waals surface area contributed by atoms with Crippen LogP contribution in [0, 0.1) is 0 Å². The number of hydrogen-bond acceptors (Lipinski definition) is 7. The molecule has 37 heavy (non-hydrogen) atoms. The van der Waals surface area contributed by atoms with Crippen molar-refractivity contribution in [2.24, 2.45) is 0 Å². The zero-order valence-corrected chi connectivity index (χ0v) is 22.2. The van der Waals surface area contributed by atoms with Gasteiger partial charge in [-0.1, -0.05) is 30.3 Å². The molecule has 8 heteroatoms. The van der Waals surface area contributed by atoms with E-state index in [0.717, 1.165) is 17.7 Å². The van der Waals surface area contributed by atoms with E-state index in [-0.39, 0.29) is 12.0 Å². The second-order valence-electron chi connectivity index (χ2n) is 10.1. The number of epoxide rings is 1. The van der Waals surface area contributed by atoms with Crippen molar-refractivity contribution >= 4 is 17.8 Å². The lowest BCUT2D eigenvalue weighted by Gasteiger charge is -2.33. The highest BCUT2D eigenvalue weighted by Crippen LogP contribution is 2.42. The second-order valence-corrected chi connectivity index (χ2v) is 10.1. The van der Waals surface area contributed by atoms with Gasteiger partial charge in [-0.25, -0.2) is 0 Å². The number of ether oxygens (including phenoxy) is 4. The van der Waals surface area contributed by atoms with Crippen molar-refractivity contribution in [2.75, 3.05) is 13.2 Å². The smallest absolute Gasteiger partial charge is 0.303 e. The normalized spacial score (nSPS) is 19.4. The summed E-state index contributed by atoms with van der Waals surface area (Å²) < 4.78 is 22.7. The average Bonchev–Trinajstić information content (AvgIpc) is 3.50. The first-order valence-electron chi connectivity index (χ1n) is 12.6. The lowest BCUT2D eigenvalue weighted by molar-refractivity contribution is -0.179. The standard InChI is InChI=1S/C29H37NO7/c1-20(31)35-25(28(3,4)36-21(2)32)15-17-29(5)26(37-29)19-34-24-13-11-22(12-14-24)16-18-30-27(33)23-9-7-6-8-10-23/h6-14,25-26H,15-19H2,1-5H3,(H,30,33)/t25-,26+,29+/m0/s1. The number of hydrogen-bond donors (Lipinski definition) is 1. The summed E-state index contributed by atoms with van der Waals surface area (Å²) in [6.45, 7) is 9.09. The minimum Gasteiger partial charge on any atom is -0.491 e. The van der Waals surface area contributed by atoms with Crippen LogP contribution in [0.25, 0.3) is 0 Å². The first-order valence-corrected chi connectivity index (χ1v) is 12.6. The quantitative estimate of drug-likeness (QED) is 0.317. The van der Waals surface area contributed by atoms with Gasteiger partial charge in [-0.3, -0.25) is 14.4 Å². The van der Waals surface area contributed by atoms with Gasteiger partial charge in [0.05, 0.1) is 5.60 Å². The Hall–Kier alpha value is -3.39. The van der Waals surface area contributed by atoms with E-state index in [2.05, 4.69) is 5.32 Å². The molecule has 1 amide bonds. The van der Waals surface area contributed by atoms with E-state index in [1.54, 1.807) is 26.0 Å². The van der Waals surface area contributed by atoms with Crippen LogP contribution in [0.3, 0.4) is 0 Å². The molecule has 2 aromatic carbocycles. The summed E-state index contributed by atoms with van der Waals surface area (Å²) >= 11 is 0. The molecule has 8 nitrogen and oxygen atoms in total. The zero-order valence-electron chi connectivity index (χ0n) is 22.2. The number of nitrogens with one attached hydrogen (secondary N) is 1. The van der Waals surface area contributed by atoms with Crippen LogP contribution < -0.4 is 10.1 Å². The fourth-order valence-electron chi connectivity index (χ4n) is 4.26. The van der Waals surface area contributed by atoms with Gasteiger partial charge >= 0.3 is 11.9 Å². The molecule has 2 aromatic rings. The number of carbonyl (C=O) groups is 3. The lowest BCUT2D eigenvalue weighted by Crippen LogP contribution is -2.43. The van der Waals surface area contributed by atoms with Gasteiger partial charge in [0, 0.05) is 26.0 Å². The van der Waals surface area contributed by atoms with Crippen LogP contribution in [0.4, 0.5) is 0 Å². The third-order valence-electron chi connectivity index (χ3n) is 6.49. The van der Waals surface area contributed by atoms with Crippen LogP contribution in [0.1, 0.15) is 63.4 Å². The topological polar surface area (TPSA) is 103 Å². The van der Waals surface area contributed by atoms with Gasteiger partial charge in [-0.05, 0) is 69.9 Å². The van der Waals surface area contributed by atoms with Crippen molar-refractivity contribution in [3.05, 3.63) is 65.7 Å². The Kier molecular flexibility index (Phi) is 9.32. The minimum atomic E-state index is -0.944. The Bertz CT molecular complexity index is 1070. The van der Waals surface area contributed by atoms with E-state index in [0.29, 0.717) is 31.6 Å². The van der Waals surface area contributed by atoms with Crippen LogP contribution >= 0.6 is 0 Å². The SMILES string of the molecule is CC(=O)O[C@@H](CC[C@@]1(C)O[C@@H]1COc1ccc(CCNC(=O)c2ccccc2)cc1)C(C)(C)OC(C)=O. The van der Waals surface area contributed by atoms with Crippen molar-refractivity contribution in [3.8, 4) is 5.75 Å². The highest BCUT2D eigenvalue weighted by Gasteiger charge is 2.53. The number of carbonyl (C=O) groups excluding carboxylic acids is 3. The summed E-state index contributed by atoms with van der Waals surface area (Å²) in [6, 6.07) is 16.9. The van der Waals surface area contributed by atoms with Gasteiger partial charge in [0.25, 0.3) is 5.91 Å². The molecular formula is C29H37NO7. The van der Waals surface area contributed by atoms with Crippen LogP contribution in [-0.2, 0) is 30.2 Å². The number of amides is 1. The predicted octanol–water partition coefficient (Wildman–Crippen LogP) is 4.25. The van der Waals surface area contributed by atoms with E-state index in [4.69, 9.17) is 18.9 Å². The maximum Gasteiger partial charge on any atom is 0.303 e. The van der Waals surface area contributed by atoms with Crippen molar-refractivity contribution in [3.63, 3.8) is 0 Å². The summed E-state index contributed by atoms with van der Waals surface area (Å²) in [6.07, 6.45) is 1.16. The molecule has 1 aliphatic rings. The van der Waals surface area contributed by atoms with Crippen LogP contribution in [0.5, 0.6) is 5.75 Å². The molecule has 0 unspecified atom stereocenters. The maximum atomic E-state index is 12.1. The van der Waals surface area contributed by atoms with E-state index in [9.17, 15) is 14.4 Å². The minimum absolute atomic E-state index is 0.0813. The van der Waals surface area contributed by atoms with Gasteiger partial charge in [0.15, 0.2) is 0 Å². The monoisotopic (exact) mass is 511 g/mol. The van der Waals surface area contributed by atoms with Crippen molar-refractivity contribution in [1.82, 2.24) is 5.32 Å². The highest BCUT2D eigenvalue weighted by atomic mass is 16.6. The molecule has 3 atom stereocenters. The molecular weight excluding hydrogens is 474 g/mol. The Morgan fingerprint density at radius 1 is 1.03 bits per heavy atom. The van der Waals surface area contributed by atoms with Crippen LogP contribution in [-0.4, -0.2) is 54.4 Å². The van der Waals surface area contributed by atoms with Crippen molar-refractivity contribution in [2.45, 2.75) is 77.3 Å². The Labute approximate surface area is 218 Å². The molecule has 0 aliphatic carbocycles. The fraction of sp³-hybridized carbons (Fsp3) is 0.483. The fourth-order valence-corrected chi connectivity index (χ4v) is 4.26. The number of esters is 2. The molecule has 0 radical (unpaired) electrons. The first kappa shape index (κ1) is 28.2. The molecule has 1 heterocycles. The third kappa shape index (κ3) is 8.60. The Balaban J connectivity index is 1.41. The van der Waals surface area contributed by atoms with Gasteiger partial charge < -0.3 is 24.3 Å². The zero-order chi connectivity index (χ0) is 27.1. The largest absolute Gasteiger partial charge is 0.491 e. The number of rotatable bonds is 13. The molecule has 0 bridgehead atoms. The van der Waals surface area contributed by atoms with E-state index in [1.807, 2.05) is 49.4 Å². The lowest BCUT2D eigenvalue weighted by atomic mass is 9.92. The summed E-state index contributed by atoms with van der Waals surface area (Å²) in [7, 11) is 0. The van der Waals surface area contributed by atoms with Crippen LogP contribution in [0.15, 0.2) is 54.6 Å². The summed E-state index contributed by atoms with van der Waals surface area (Å²) in [5.74, 6) is -0.190. The van der Waals surface area contributed by atoms with E-state index in [1.165, 1.54) is 13.8 Å². The molecule has 3 rings (SSSR count). The molecule has 1 saturated heterocycles. The maximum absolute atomic E-state index is 12.1. The molecule has 1 aliphatic heterocycles. The second kappa shape index (κ2) is 12.2. The molecule has 0 spiro atoms. The van der Waals surface area contributed by atoms with Gasteiger partial charge in [-0.15, -0.1) is 0 Å². The Morgan fingerprint density at radius 2 is 1.70 bits per heavy atom. The molecule has 1 fully saturated rings. The molecule has 0 saturated carbocycles. The first-order chi connectivity index (χ1) is 17.5. The highest BCUT2D eigenvalue weighted by molar-refractivity contribution is 5.94. The molecule has 200 valence electrons.